The van der Waals surface area contributed by atoms with Crippen molar-refractivity contribution >= 4 is 22.3 Å². The van der Waals surface area contributed by atoms with Gasteiger partial charge in [-0.15, -0.1) is 0 Å². The number of carbonyl (C=O) groups is 1. The summed E-state index contributed by atoms with van der Waals surface area (Å²) in [6, 6.07) is 22.1. The van der Waals surface area contributed by atoms with E-state index in [1.54, 1.807) is 17.7 Å². The van der Waals surface area contributed by atoms with Crippen molar-refractivity contribution in [3.8, 4) is 17.1 Å². The third-order valence-corrected chi connectivity index (χ3v) is 7.94. The highest BCUT2D eigenvalue weighted by atomic mass is 16.4. The number of fused-ring (bicyclic) bond motifs is 6. The fraction of sp³-hybridized carbons (Fsp3) is 0.188. The van der Waals surface area contributed by atoms with Crippen molar-refractivity contribution in [3.63, 3.8) is 0 Å². The summed E-state index contributed by atoms with van der Waals surface area (Å²) in [5, 5.41) is 11.9. The van der Waals surface area contributed by atoms with Gasteiger partial charge in [-0.25, -0.2) is 9.78 Å². The number of nitrogens with zero attached hydrogens (tertiary/aromatic N) is 2. The second-order valence-electron chi connectivity index (χ2n) is 9.94. The molecule has 0 aliphatic heterocycles. The number of benzene rings is 3. The molecule has 0 amide bonds. The molecule has 3 aromatic carbocycles. The molecule has 0 fully saturated rings. The minimum absolute atomic E-state index is 0.264. The Balaban J connectivity index is 1.52. The SMILES string of the molecule is O=C(O)c1ccc(-n2c(-c3ccc4ccccc4c3)nc3c2C2C=CCCC2C2=C3C=CCC2)cc1. The molecular formula is C32H26N2O2. The molecule has 176 valence electrons. The van der Waals surface area contributed by atoms with E-state index in [4.69, 9.17) is 4.98 Å². The first-order valence-corrected chi connectivity index (χ1v) is 12.7. The summed E-state index contributed by atoms with van der Waals surface area (Å²) < 4.78 is 2.28. The van der Waals surface area contributed by atoms with E-state index in [0.717, 1.165) is 48.5 Å². The van der Waals surface area contributed by atoms with E-state index in [2.05, 4.69) is 71.3 Å². The van der Waals surface area contributed by atoms with Crippen molar-refractivity contribution in [2.45, 2.75) is 31.6 Å². The highest BCUT2D eigenvalue weighted by Gasteiger charge is 2.39. The summed E-state index contributed by atoms with van der Waals surface area (Å²) >= 11 is 0. The van der Waals surface area contributed by atoms with E-state index in [9.17, 15) is 9.90 Å². The van der Waals surface area contributed by atoms with Crippen LogP contribution in [0.3, 0.4) is 0 Å². The molecule has 0 saturated heterocycles. The lowest BCUT2D eigenvalue weighted by Crippen LogP contribution is -2.25. The van der Waals surface area contributed by atoms with Gasteiger partial charge in [-0.05, 0) is 72.7 Å². The number of carboxylic acid groups (broad SMARTS) is 1. The molecule has 1 N–H and O–H groups in total. The maximum absolute atomic E-state index is 11.5. The predicted octanol–water partition coefficient (Wildman–Crippen LogP) is 7.56. The number of imidazole rings is 1. The normalized spacial score (nSPS) is 20.2. The zero-order chi connectivity index (χ0) is 24.2. The second-order valence-corrected chi connectivity index (χ2v) is 9.94. The van der Waals surface area contributed by atoms with E-state index in [1.807, 2.05) is 12.1 Å². The van der Waals surface area contributed by atoms with E-state index in [-0.39, 0.29) is 11.5 Å². The zero-order valence-corrected chi connectivity index (χ0v) is 19.9. The molecule has 36 heavy (non-hydrogen) atoms. The number of carboxylic acids is 1. The summed E-state index contributed by atoms with van der Waals surface area (Å²) in [6.07, 6.45) is 13.7. The summed E-state index contributed by atoms with van der Waals surface area (Å²) in [6.45, 7) is 0. The van der Waals surface area contributed by atoms with Gasteiger partial charge in [0.2, 0.25) is 0 Å². The van der Waals surface area contributed by atoms with Gasteiger partial charge in [0.15, 0.2) is 0 Å². The zero-order valence-electron chi connectivity index (χ0n) is 19.9. The Hall–Kier alpha value is -4.18. The van der Waals surface area contributed by atoms with Gasteiger partial charge in [0.05, 0.1) is 17.0 Å². The van der Waals surface area contributed by atoms with Crippen LogP contribution in [0.1, 0.15) is 53.3 Å². The Labute approximate surface area is 209 Å². The van der Waals surface area contributed by atoms with Gasteiger partial charge in [-0.2, -0.15) is 0 Å². The summed E-state index contributed by atoms with van der Waals surface area (Å²) in [4.78, 5) is 16.9. The maximum Gasteiger partial charge on any atom is 0.335 e. The van der Waals surface area contributed by atoms with Gasteiger partial charge in [0.25, 0.3) is 0 Å². The van der Waals surface area contributed by atoms with Crippen LogP contribution < -0.4 is 0 Å². The van der Waals surface area contributed by atoms with E-state index in [1.165, 1.54) is 22.0 Å². The molecule has 1 heterocycles. The molecule has 0 saturated carbocycles. The molecule has 4 aromatic rings. The fourth-order valence-corrected chi connectivity index (χ4v) is 6.28. The molecule has 1 aromatic heterocycles. The van der Waals surface area contributed by atoms with E-state index in [0.29, 0.717) is 5.92 Å². The Morgan fingerprint density at radius 2 is 1.78 bits per heavy atom. The van der Waals surface area contributed by atoms with E-state index >= 15 is 0 Å². The number of aromatic carboxylic acids is 1. The Morgan fingerprint density at radius 3 is 2.61 bits per heavy atom. The molecule has 7 rings (SSSR count). The summed E-state index contributed by atoms with van der Waals surface area (Å²) in [5.74, 6) is 0.737. The average Bonchev–Trinajstić information content (AvgIpc) is 3.34. The Morgan fingerprint density at radius 1 is 0.944 bits per heavy atom. The average molecular weight is 471 g/mol. The quantitative estimate of drug-likeness (QED) is 0.314. The minimum atomic E-state index is -0.915. The standard InChI is InChI=1S/C32H26N2O2/c35-32(36)21-15-17-24(18-16-21)34-30-28-12-6-4-10-26(28)25-9-3-5-11-27(25)29(30)33-31(34)23-14-13-20-7-1-2-8-22(20)19-23/h1-2,5-8,11-19,26,28H,3-4,9-10H2,(H,35,36). The van der Waals surface area contributed by atoms with Crippen molar-refractivity contribution < 1.29 is 9.90 Å². The van der Waals surface area contributed by atoms with Crippen LogP contribution in [0.15, 0.2) is 96.6 Å². The van der Waals surface area contributed by atoms with Crippen molar-refractivity contribution in [1.29, 1.82) is 0 Å². The molecule has 0 spiro atoms. The smallest absolute Gasteiger partial charge is 0.335 e. The van der Waals surface area contributed by atoms with Gasteiger partial charge in [-0.1, -0.05) is 66.3 Å². The van der Waals surface area contributed by atoms with Crippen LogP contribution >= 0.6 is 0 Å². The largest absolute Gasteiger partial charge is 0.478 e. The number of aromatic nitrogens is 2. The second kappa shape index (κ2) is 8.20. The van der Waals surface area contributed by atoms with Crippen molar-refractivity contribution in [2.75, 3.05) is 0 Å². The molecule has 0 bridgehead atoms. The Bertz CT molecular complexity index is 1620. The molecule has 2 unspecified atom stereocenters. The van der Waals surface area contributed by atoms with Gasteiger partial charge < -0.3 is 5.11 Å². The molecule has 3 aliphatic carbocycles. The lowest BCUT2D eigenvalue weighted by atomic mass is 9.68. The van der Waals surface area contributed by atoms with Crippen molar-refractivity contribution in [2.24, 2.45) is 5.92 Å². The van der Waals surface area contributed by atoms with Crippen molar-refractivity contribution in [3.05, 3.63) is 114 Å². The van der Waals surface area contributed by atoms with Gasteiger partial charge in [0.1, 0.15) is 5.82 Å². The topological polar surface area (TPSA) is 55.1 Å². The highest BCUT2D eigenvalue weighted by Crippen LogP contribution is 2.51. The van der Waals surface area contributed by atoms with Crippen LogP contribution in [0.4, 0.5) is 0 Å². The predicted molar refractivity (Wildman–Crippen MR) is 143 cm³/mol. The maximum atomic E-state index is 11.5. The first kappa shape index (κ1) is 21.1. The third kappa shape index (κ3) is 3.21. The monoisotopic (exact) mass is 470 g/mol. The van der Waals surface area contributed by atoms with Crippen LogP contribution in [0.2, 0.25) is 0 Å². The van der Waals surface area contributed by atoms with Crippen LogP contribution in [-0.4, -0.2) is 20.6 Å². The molecule has 2 atom stereocenters. The van der Waals surface area contributed by atoms with Crippen LogP contribution in [0, 0.1) is 5.92 Å². The van der Waals surface area contributed by atoms with Gasteiger partial charge >= 0.3 is 5.97 Å². The van der Waals surface area contributed by atoms with Crippen LogP contribution in [-0.2, 0) is 0 Å². The lowest BCUT2D eigenvalue weighted by molar-refractivity contribution is 0.0697. The molecule has 4 heteroatoms. The first-order valence-electron chi connectivity index (χ1n) is 12.7. The van der Waals surface area contributed by atoms with Crippen LogP contribution in [0.5, 0.6) is 0 Å². The highest BCUT2D eigenvalue weighted by molar-refractivity contribution is 5.89. The minimum Gasteiger partial charge on any atom is -0.478 e. The molecular weight excluding hydrogens is 444 g/mol. The number of allylic oxidation sites excluding steroid dienone is 6. The Kier molecular flexibility index (Phi) is 4.81. The first-order chi connectivity index (χ1) is 17.7. The third-order valence-electron chi connectivity index (χ3n) is 7.94. The van der Waals surface area contributed by atoms with Gasteiger partial charge in [0, 0.05) is 22.7 Å². The number of hydrogen-bond donors (Lipinski definition) is 1. The number of rotatable bonds is 3. The van der Waals surface area contributed by atoms with Crippen molar-refractivity contribution in [1.82, 2.24) is 9.55 Å². The summed E-state index contributed by atoms with van der Waals surface area (Å²) in [5.41, 5.74) is 7.41. The van der Waals surface area contributed by atoms with Crippen LogP contribution in [0.25, 0.3) is 33.4 Å². The molecule has 0 radical (unpaired) electrons. The number of hydrogen-bond acceptors (Lipinski definition) is 2. The molecule has 4 nitrogen and oxygen atoms in total. The van der Waals surface area contributed by atoms with E-state index < -0.39 is 5.97 Å². The lowest BCUT2D eigenvalue weighted by Gasteiger charge is -2.37. The fourth-order valence-electron chi connectivity index (χ4n) is 6.28. The van der Waals surface area contributed by atoms with Gasteiger partial charge in [-0.3, -0.25) is 4.57 Å². The summed E-state index contributed by atoms with van der Waals surface area (Å²) in [7, 11) is 0. The molecule has 3 aliphatic rings.